The Balaban J connectivity index is 3.70. The molecule has 0 aliphatic carbocycles. The van der Waals surface area contributed by atoms with Gasteiger partial charge in [0.05, 0.1) is 0 Å². The molecular weight excluding hydrogens is 332 g/mol. The van der Waals surface area contributed by atoms with Crippen LogP contribution in [0.4, 0.5) is 0 Å². The predicted octanol–water partition coefficient (Wildman–Crippen LogP) is 6.12. The zero-order chi connectivity index (χ0) is 20.2. The van der Waals surface area contributed by atoms with Gasteiger partial charge in [0.15, 0.2) is 0 Å². The Morgan fingerprint density at radius 2 is 1.07 bits per heavy atom. The molecule has 0 bridgehead atoms. The summed E-state index contributed by atoms with van der Waals surface area (Å²) in [6.07, 6.45) is 19.4. The van der Waals surface area contributed by atoms with E-state index >= 15 is 0 Å². The summed E-state index contributed by atoms with van der Waals surface area (Å²) in [6.45, 7) is 10.6. The van der Waals surface area contributed by atoms with Crippen molar-refractivity contribution in [2.24, 2.45) is 0 Å². The Morgan fingerprint density at radius 1 is 0.630 bits per heavy atom. The third-order valence-corrected chi connectivity index (χ3v) is 5.37. The Labute approximate surface area is 171 Å². The third kappa shape index (κ3) is 21.7. The van der Waals surface area contributed by atoms with Crippen molar-refractivity contribution in [3.8, 4) is 0 Å². The smallest absolute Gasteiger partial charge is 0.133 e. The standard InChI is InChI=1S/C24H49N2O/c1-5-6-7-8-9-10-11-14-17-20-26(23-22-25(3)4)21-18-15-12-13-16-19-24(2)27/h2,5-23H2,1,3-4H3. The highest BCUT2D eigenvalue weighted by molar-refractivity contribution is 5.82. The first-order chi connectivity index (χ1) is 13.1. The topological polar surface area (TPSA) is 23.6 Å². The van der Waals surface area contributed by atoms with Gasteiger partial charge in [0.25, 0.3) is 0 Å². The molecular formula is C24H49N2O. The van der Waals surface area contributed by atoms with Crippen molar-refractivity contribution in [1.29, 1.82) is 0 Å². The lowest BCUT2D eigenvalue weighted by Gasteiger charge is -2.24. The second kappa shape index (κ2) is 20.3. The van der Waals surface area contributed by atoms with Gasteiger partial charge in [0.1, 0.15) is 5.78 Å². The normalized spacial score (nSPS) is 11.6. The first kappa shape index (κ1) is 26.6. The molecule has 0 aromatic carbocycles. The zero-order valence-corrected chi connectivity index (χ0v) is 18.9. The molecule has 0 heterocycles. The lowest BCUT2D eigenvalue weighted by molar-refractivity contribution is -0.114. The minimum Gasteiger partial charge on any atom is -0.308 e. The molecule has 0 fully saturated rings. The molecule has 0 aliphatic heterocycles. The molecule has 0 rings (SSSR count). The van der Waals surface area contributed by atoms with Crippen molar-refractivity contribution in [2.45, 2.75) is 103 Å². The molecule has 1 radical (unpaired) electrons. The minimum atomic E-state index is 0.0887. The SMILES string of the molecule is [CH2]C(=O)CCCCCCCN(CCCCCCCCCCC)CCN(C)C. The number of unbranched alkanes of at least 4 members (excludes halogenated alkanes) is 12. The molecule has 0 aromatic rings. The zero-order valence-electron chi connectivity index (χ0n) is 18.9. The van der Waals surface area contributed by atoms with E-state index in [1.165, 1.54) is 103 Å². The van der Waals surface area contributed by atoms with Crippen LogP contribution >= 0.6 is 0 Å². The van der Waals surface area contributed by atoms with Crippen LogP contribution in [-0.4, -0.2) is 55.9 Å². The van der Waals surface area contributed by atoms with E-state index in [2.05, 4.69) is 37.7 Å². The van der Waals surface area contributed by atoms with E-state index in [4.69, 9.17) is 0 Å². The van der Waals surface area contributed by atoms with Crippen LogP contribution in [0.3, 0.4) is 0 Å². The number of rotatable bonds is 21. The van der Waals surface area contributed by atoms with E-state index in [0.717, 1.165) is 13.0 Å². The monoisotopic (exact) mass is 381 g/mol. The van der Waals surface area contributed by atoms with Gasteiger partial charge >= 0.3 is 0 Å². The lowest BCUT2D eigenvalue weighted by Crippen LogP contribution is -2.33. The Hall–Kier alpha value is -0.410. The number of nitrogens with zero attached hydrogens (tertiary/aromatic N) is 2. The summed E-state index contributed by atoms with van der Waals surface area (Å²) >= 11 is 0. The molecule has 0 saturated carbocycles. The van der Waals surface area contributed by atoms with E-state index in [-0.39, 0.29) is 5.78 Å². The first-order valence-corrected chi connectivity index (χ1v) is 11.8. The molecule has 0 atom stereocenters. The number of carbonyl (C=O) groups excluding carboxylic acids is 1. The second-order valence-electron chi connectivity index (χ2n) is 8.53. The fraction of sp³-hybridized carbons (Fsp3) is 0.917. The fourth-order valence-corrected chi connectivity index (χ4v) is 3.51. The van der Waals surface area contributed by atoms with Crippen molar-refractivity contribution >= 4 is 5.78 Å². The van der Waals surface area contributed by atoms with Gasteiger partial charge in [-0.2, -0.15) is 0 Å². The average Bonchev–Trinajstić information content (AvgIpc) is 2.62. The molecule has 27 heavy (non-hydrogen) atoms. The summed E-state index contributed by atoms with van der Waals surface area (Å²) in [7, 11) is 4.33. The van der Waals surface area contributed by atoms with Crippen molar-refractivity contribution in [1.82, 2.24) is 9.80 Å². The number of hydrogen-bond donors (Lipinski definition) is 0. The van der Waals surface area contributed by atoms with Crippen LogP contribution in [0.15, 0.2) is 0 Å². The van der Waals surface area contributed by atoms with Gasteiger partial charge in [-0.05, 0) is 46.4 Å². The molecule has 0 spiro atoms. The second-order valence-corrected chi connectivity index (χ2v) is 8.53. The van der Waals surface area contributed by atoms with E-state index in [0.29, 0.717) is 6.42 Å². The summed E-state index contributed by atoms with van der Waals surface area (Å²) in [5, 5.41) is 0. The maximum absolute atomic E-state index is 10.9. The summed E-state index contributed by atoms with van der Waals surface area (Å²) in [5.74, 6) is 0.0887. The van der Waals surface area contributed by atoms with Crippen molar-refractivity contribution in [3.63, 3.8) is 0 Å². The van der Waals surface area contributed by atoms with Crippen LogP contribution in [0, 0.1) is 6.92 Å². The van der Waals surface area contributed by atoms with Crippen molar-refractivity contribution in [3.05, 3.63) is 6.92 Å². The molecule has 0 amide bonds. The minimum absolute atomic E-state index is 0.0887. The van der Waals surface area contributed by atoms with Crippen LogP contribution in [0.25, 0.3) is 0 Å². The number of ketones is 1. The number of likely N-dealkylation sites (N-methyl/N-ethyl adjacent to an activating group) is 1. The van der Waals surface area contributed by atoms with Gasteiger partial charge in [-0.1, -0.05) is 77.6 Å². The molecule has 161 valence electrons. The Kier molecular flexibility index (Phi) is 20.0. The molecule has 0 unspecified atom stereocenters. The maximum atomic E-state index is 10.9. The summed E-state index contributed by atoms with van der Waals surface area (Å²) in [5.41, 5.74) is 0. The van der Waals surface area contributed by atoms with E-state index in [1.54, 1.807) is 0 Å². The van der Waals surface area contributed by atoms with Crippen LogP contribution in [0.2, 0.25) is 0 Å². The van der Waals surface area contributed by atoms with E-state index in [1.807, 2.05) is 0 Å². The average molecular weight is 382 g/mol. The van der Waals surface area contributed by atoms with Crippen LogP contribution in [0.1, 0.15) is 103 Å². The third-order valence-electron chi connectivity index (χ3n) is 5.37. The first-order valence-electron chi connectivity index (χ1n) is 11.8. The molecule has 3 heteroatoms. The highest BCUT2D eigenvalue weighted by atomic mass is 16.1. The van der Waals surface area contributed by atoms with E-state index < -0.39 is 0 Å². The quantitative estimate of drug-likeness (QED) is 0.224. The van der Waals surface area contributed by atoms with Crippen LogP contribution in [0.5, 0.6) is 0 Å². The van der Waals surface area contributed by atoms with Crippen molar-refractivity contribution in [2.75, 3.05) is 40.3 Å². The van der Waals surface area contributed by atoms with E-state index in [9.17, 15) is 4.79 Å². The Bertz CT molecular complexity index is 318. The Morgan fingerprint density at radius 3 is 1.52 bits per heavy atom. The highest BCUT2D eigenvalue weighted by Crippen LogP contribution is 2.11. The lowest BCUT2D eigenvalue weighted by atomic mass is 10.1. The van der Waals surface area contributed by atoms with Crippen molar-refractivity contribution < 1.29 is 4.79 Å². The van der Waals surface area contributed by atoms with Gasteiger partial charge in [-0.15, -0.1) is 0 Å². The summed E-state index contributed by atoms with van der Waals surface area (Å²) < 4.78 is 0. The van der Waals surface area contributed by atoms with Gasteiger partial charge in [-0.25, -0.2) is 0 Å². The van der Waals surface area contributed by atoms with Crippen LogP contribution in [-0.2, 0) is 4.79 Å². The molecule has 0 aromatic heterocycles. The molecule has 0 aliphatic rings. The van der Waals surface area contributed by atoms with Gasteiger partial charge in [0, 0.05) is 26.4 Å². The van der Waals surface area contributed by atoms with Gasteiger partial charge in [-0.3, -0.25) is 4.79 Å². The van der Waals surface area contributed by atoms with Gasteiger partial charge in [0.2, 0.25) is 0 Å². The maximum Gasteiger partial charge on any atom is 0.133 e. The van der Waals surface area contributed by atoms with Crippen LogP contribution < -0.4 is 0 Å². The largest absolute Gasteiger partial charge is 0.308 e. The number of carbonyl (C=O) groups is 1. The molecule has 0 N–H and O–H groups in total. The summed E-state index contributed by atoms with van der Waals surface area (Å²) in [4.78, 5) is 15.8. The number of hydrogen-bond acceptors (Lipinski definition) is 3. The number of Topliss-reactive ketones (excluding diaryl/α,β-unsaturated/α-hetero) is 1. The molecule has 3 nitrogen and oxygen atoms in total. The highest BCUT2D eigenvalue weighted by Gasteiger charge is 2.05. The fourth-order valence-electron chi connectivity index (χ4n) is 3.51. The predicted molar refractivity (Wildman–Crippen MR) is 120 cm³/mol. The molecule has 0 saturated heterocycles. The summed E-state index contributed by atoms with van der Waals surface area (Å²) in [6, 6.07) is 0. The van der Waals surface area contributed by atoms with Gasteiger partial charge < -0.3 is 9.80 Å².